The molecule has 29 nitrogen and oxygen atoms in total. The fourth-order valence-electron chi connectivity index (χ4n) is 15.7. The van der Waals surface area contributed by atoms with Crippen LogP contribution in [0.1, 0.15) is 203 Å². The van der Waals surface area contributed by atoms with Gasteiger partial charge < -0.3 is 128 Å². The Morgan fingerprint density at radius 1 is 0.731 bits per heavy atom. The van der Waals surface area contributed by atoms with Crippen molar-refractivity contribution in [3.63, 3.8) is 0 Å². The molecule has 12 N–H and O–H groups in total. The number of hydrogen-bond acceptors (Lipinski definition) is 29. The number of oxime groups is 1. The summed E-state index contributed by atoms with van der Waals surface area (Å²) in [6, 6.07) is -0.857. The van der Waals surface area contributed by atoms with Crippen molar-refractivity contribution < 1.29 is 141 Å². The number of cyclic esters (lactones) is 1. The Bertz CT molecular complexity index is 2570. The Balaban J connectivity index is 0.00000101. The summed E-state index contributed by atoms with van der Waals surface area (Å²) >= 11 is 4.24. The molecule has 5 aliphatic heterocycles. The molecule has 108 heavy (non-hydrogen) atoms. The summed E-state index contributed by atoms with van der Waals surface area (Å²) in [7, 11) is 10.5. The minimum absolute atomic E-state index is 0. The van der Waals surface area contributed by atoms with Crippen molar-refractivity contribution in [3.8, 4) is 0 Å². The van der Waals surface area contributed by atoms with Gasteiger partial charge in [-0.15, -0.1) is 0 Å². The third-order valence-corrected chi connectivity index (χ3v) is 22.7. The third kappa shape index (κ3) is 29.9. The molecule has 5 aliphatic rings. The molecular weight excluding hydrogens is 1670 g/mol. The molecule has 5 heterocycles. The standard InChI is InChI=1S/C38H74N2O12.C36H66N2O12.C2H6O.I2.V/c1-15-22(4)48-35(45)25(7)32(51-29-18-38(11,47-14)33(44)27(9)50-29)24(6)34(52-36-31(43)28(40(12)13)16-23(5)49-36)37(10,46)17-21(3)39-19-20(2)30(42)26(8)41;1-13-24-15-26(39)20(4)28(37-44)18(2)16-35(8,43)32(50-34-29(40)25(38(10)11)14-19(3)46-34)21(5)30(22(6)33(42)48-24)49-27-17-36(9,45-12)31(41)23(7)47-27;1-2-3;1-2;/h20-34,36,39,41-44,46H,15-19H2,1-14H3;18-27,29-32,34,39-41,43-44H,13-17H2,1-12H3;3H,2H2,1H3;;/b;37-28-;;;/t20-,21+,22-,23+,24-,25+,26?,27-,28-,29-,30+,31+,32-,33-,34+,36-,37-,38+;18-,19-,20-,21+,22-,23+,24-,25+,26+,27+,29-,30+,31+,32-,34+,35+,36-;;;/m01.../s1. The van der Waals surface area contributed by atoms with Gasteiger partial charge in [-0.1, -0.05) is 53.6 Å². The largest absolute Gasteiger partial charge is 0.462 e. The molecule has 0 aromatic heterocycles. The molecule has 1 radical (unpaired) electrons. The predicted octanol–water partition coefficient (Wildman–Crippen LogP) is 6.65. The smallest absolute Gasteiger partial charge is 0.311 e. The van der Waals surface area contributed by atoms with Crippen LogP contribution in [0.3, 0.4) is 0 Å². The first-order valence-electron chi connectivity index (χ1n) is 38.6. The zero-order valence-corrected chi connectivity index (χ0v) is 75.6. The van der Waals surface area contributed by atoms with Crippen molar-refractivity contribution in [1.29, 1.82) is 0 Å². The van der Waals surface area contributed by atoms with Gasteiger partial charge >= 0.3 is 11.9 Å². The number of nitrogens with zero attached hydrogens (tertiary/aromatic N) is 3. The van der Waals surface area contributed by atoms with Crippen LogP contribution in [0.15, 0.2) is 5.16 Å². The third-order valence-electron chi connectivity index (χ3n) is 22.7. The second-order valence-corrected chi connectivity index (χ2v) is 32.7. The van der Waals surface area contributed by atoms with Gasteiger partial charge in [0.2, 0.25) is 0 Å². The van der Waals surface area contributed by atoms with Crippen LogP contribution in [-0.2, 0) is 85.0 Å². The summed E-state index contributed by atoms with van der Waals surface area (Å²) < 4.78 is 74.5. The Morgan fingerprint density at radius 3 is 1.68 bits per heavy atom. The summed E-state index contributed by atoms with van der Waals surface area (Å²) in [6.45, 7) is 37.8. The molecule has 5 saturated heterocycles. The molecule has 1 unspecified atom stereocenters. The van der Waals surface area contributed by atoms with E-state index >= 15 is 0 Å². The molecule has 0 aromatic rings. The normalized spacial score (nSPS) is 39.5. The van der Waals surface area contributed by atoms with E-state index in [0.29, 0.717) is 32.2 Å². The van der Waals surface area contributed by atoms with Gasteiger partial charge in [0.1, 0.15) is 30.5 Å². The molecule has 35 atom stereocenters. The van der Waals surface area contributed by atoms with Gasteiger partial charge in [0, 0.05) is 144 Å². The summed E-state index contributed by atoms with van der Waals surface area (Å²) in [4.78, 5) is 31.5. The topological polar surface area (TPSA) is 398 Å². The average molecular weight is 1820 g/mol. The van der Waals surface area contributed by atoms with E-state index in [0.717, 1.165) is 0 Å². The fraction of sp³-hybridized carbons (Fsp3) is 0.961. The maximum atomic E-state index is 14.0. The van der Waals surface area contributed by atoms with Gasteiger partial charge in [-0.05, 0) is 170 Å². The second-order valence-electron chi connectivity index (χ2n) is 32.7. The zero-order chi connectivity index (χ0) is 82.5. The van der Waals surface area contributed by atoms with Gasteiger partial charge in [0.25, 0.3) is 0 Å². The Morgan fingerprint density at radius 2 is 1.21 bits per heavy atom. The number of esters is 2. The van der Waals surface area contributed by atoms with Crippen LogP contribution in [0.25, 0.3) is 0 Å². The summed E-state index contributed by atoms with van der Waals surface area (Å²) in [5.74, 6) is -5.73. The van der Waals surface area contributed by atoms with E-state index in [1.165, 1.54) is 21.1 Å². The van der Waals surface area contributed by atoms with Crippen molar-refractivity contribution in [3.05, 3.63) is 0 Å². The molecular formula is C76H146I2N4O25V. The molecule has 0 aliphatic carbocycles. The maximum Gasteiger partial charge on any atom is 0.311 e. The molecule has 0 aromatic carbocycles. The number of likely N-dealkylation sites (N-methyl/N-ethyl adjacent to an activating group) is 2. The first-order chi connectivity index (χ1) is 49.6. The van der Waals surface area contributed by atoms with Crippen molar-refractivity contribution in [1.82, 2.24) is 15.1 Å². The van der Waals surface area contributed by atoms with Crippen LogP contribution >= 0.6 is 37.2 Å². The second kappa shape index (κ2) is 48.4. The predicted molar refractivity (Wildman–Crippen MR) is 422 cm³/mol. The number of methoxy groups -OCH3 is 2. The molecule has 0 saturated carbocycles. The van der Waals surface area contributed by atoms with Gasteiger partial charge in [-0.3, -0.25) is 9.59 Å². The van der Waals surface area contributed by atoms with Crippen LogP contribution in [-0.4, -0.2) is 309 Å². The Kier molecular flexibility index (Phi) is 47.3. The van der Waals surface area contributed by atoms with Crippen LogP contribution in [0.4, 0.5) is 0 Å². The molecule has 0 bridgehead atoms. The van der Waals surface area contributed by atoms with E-state index in [9.17, 15) is 60.8 Å². The Hall–Kier alpha value is -0.466. The average Bonchev–Trinajstić information content (AvgIpc) is 0.782. The molecule has 5 fully saturated rings. The number of carbonyl (C=O) groups is 2. The number of ether oxygens (including phenoxy) is 12. The van der Waals surface area contributed by atoms with Crippen LogP contribution in [0, 0.1) is 41.4 Å². The molecule has 32 heteroatoms. The number of hydrogen-bond donors (Lipinski definition) is 12. The number of aliphatic hydroxyl groups excluding tert-OH is 8. The first kappa shape index (κ1) is 106. The van der Waals surface area contributed by atoms with Gasteiger partial charge in [0.05, 0.1) is 113 Å². The number of aliphatic hydroxyl groups is 10. The zero-order valence-electron chi connectivity index (χ0n) is 69.9. The number of halogens is 2. The Labute approximate surface area is 681 Å². The fourth-order valence-corrected chi connectivity index (χ4v) is 15.7. The minimum Gasteiger partial charge on any atom is -0.462 e. The maximum absolute atomic E-state index is 14.0. The van der Waals surface area contributed by atoms with Crippen LogP contribution in [0.2, 0.25) is 0 Å². The van der Waals surface area contributed by atoms with E-state index < -0.39 is 180 Å². The van der Waals surface area contributed by atoms with E-state index in [2.05, 4.69) is 47.7 Å². The molecule has 5 rings (SSSR count). The van der Waals surface area contributed by atoms with Crippen molar-refractivity contribution >= 4 is 54.9 Å². The summed E-state index contributed by atoms with van der Waals surface area (Å²) in [5.41, 5.74) is -4.99. The van der Waals surface area contributed by atoms with Crippen molar-refractivity contribution in [2.45, 2.75) is 373 Å². The van der Waals surface area contributed by atoms with E-state index in [-0.39, 0.29) is 105 Å². The summed E-state index contributed by atoms with van der Waals surface area (Å²) in [6.07, 6.45) is -15.0. The van der Waals surface area contributed by atoms with E-state index in [1.54, 1.807) is 83.1 Å². The monoisotopic (exact) mass is 1820 g/mol. The van der Waals surface area contributed by atoms with Gasteiger partial charge in [0.15, 0.2) is 25.2 Å². The molecule has 0 spiro atoms. The molecule has 0 amide bonds. The van der Waals surface area contributed by atoms with Crippen LogP contribution in [0.5, 0.6) is 0 Å². The molecule has 639 valence electrons. The van der Waals surface area contributed by atoms with Crippen LogP contribution < -0.4 is 5.32 Å². The van der Waals surface area contributed by atoms with Crippen molar-refractivity contribution in [2.75, 3.05) is 55.6 Å². The number of rotatable bonds is 27. The number of nitrogens with one attached hydrogen (secondary N) is 1. The number of carbonyl (C=O) groups excluding carboxylic acids is 2. The van der Waals surface area contributed by atoms with Gasteiger partial charge in [-0.25, -0.2) is 0 Å². The van der Waals surface area contributed by atoms with E-state index in [4.69, 9.17) is 61.9 Å². The SMILES string of the molecule is CCO.CC[C@@H]1C[C@H](O)[C@@H](C)/C(=N\O)[C@H](C)C[C@](C)(O)[C@H](O[C@@H]2O[C@H](C)C[C@H](N(C)C)[C@H]2O)[C@@H](C)[C@H](O[C@H]2C[C@@](C)(OC)[C@@H](O)[C@H](C)O2)[C@@H](C)C(=O)O1.CC[C@H](C)OC(=O)[C@H](C)[C@@H](O[C@H]1C[C@@](C)(OC)[C@@H](O)[C@H](C)O1)[C@H](C)[C@@H](O[C@@H]1O[C@H](C)C[C@H](N(C)C)[C@H]1O)[C@@](C)(O)C[C@@H](C)NC[C@H](C)[C@@H](O)C(C)O.II.[V]. The van der Waals surface area contributed by atoms with Crippen molar-refractivity contribution in [2.24, 2.45) is 46.6 Å². The van der Waals surface area contributed by atoms with Gasteiger partial charge in [-0.2, -0.15) is 0 Å². The first-order valence-corrected chi connectivity index (χ1v) is 44.9. The minimum atomic E-state index is -1.68. The van der Waals surface area contributed by atoms with E-state index in [1.807, 2.05) is 93.4 Å². The summed E-state index contributed by atoms with van der Waals surface area (Å²) in [5, 5.41) is 126. The quantitative estimate of drug-likeness (QED) is 0.0177.